The Morgan fingerprint density at radius 2 is 2.06 bits per heavy atom. The zero-order valence-electron chi connectivity index (χ0n) is 10.8. The van der Waals surface area contributed by atoms with Gasteiger partial charge in [0, 0.05) is 37.2 Å². The highest BCUT2D eigenvalue weighted by atomic mass is 15.4. The number of hydrogen-bond donors (Lipinski definition) is 0. The lowest BCUT2D eigenvalue weighted by Gasteiger charge is -2.38. The maximum Gasteiger partial charge on any atom is 0.0880 e. The van der Waals surface area contributed by atoms with Crippen molar-refractivity contribution in [2.24, 2.45) is 5.92 Å². The van der Waals surface area contributed by atoms with Gasteiger partial charge in [-0.05, 0) is 6.54 Å². The first-order chi connectivity index (χ1) is 7.49. The van der Waals surface area contributed by atoms with Gasteiger partial charge in [0.15, 0.2) is 0 Å². The second-order valence-electron chi connectivity index (χ2n) is 5.79. The Morgan fingerprint density at radius 3 is 2.56 bits per heavy atom. The average molecular weight is 222 g/mol. The lowest BCUT2D eigenvalue weighted by Crippen LogP contribution is -2.48. The largest absolute Gasteiger partial charge is 0.303 e. The average Bonchev–Trinajstić information content (AvgIpc) is 2.57. The van der Waals surface area contributed by atoms with Gasteiger partial charge in [-0.15, -0.1) is 5.10 Å². The summed E-state index contributed by atoms with van der Waals surface area (Å²) in [6.45, 7) is 13.3. The SMILES string of the molecule is CCN1CC(Cn2cc(C(C)(C)C)nn2)C1. The fourth-order valence-electron chi connectivity index (χ4n) is 2.05. The van der Waals surface area contributed by atoms with Gasteiger partial charge in [0.25, 0.3) is 0 Å². The van der Waals surface area contributed by atoms with Gasteiger partial charge >= 0.3 is 0 Å². The van der Waals surface area contributed by atoms with Crippen LogP contribution in [0.1, 0.15) is 33.4 Å². The van der Waals surface area contributed by atoms with Crippen molar-refractivity contribution >= 4 is 0 Å². The topological polar surface area (TPSA) is 34.0 Å². The van der Waals surface area contributed by atoms with Gasteiger partial charge in [-0.2, -0.15) is 0 Å². The van der Waals surface area contributed by atoms with Crippen LogP contribution in [0.3, 0.4) is 0 Å². The molecule has 0 bridgehead atoms. The number of aromatic nitrogens is 3. The van der Waals surface area contributed by atoms with Crippen LogP contribution in [0.2, 0.25) is 0 Å². The van der Waals surface area contributed by atoms with E-state index in [-0.39, 0.29) is 5.41 Å². The maximum absolute atomic E-state index is 4.24. The van der Waals surface area contributed by atoms with E-state index in [4.69, 9.17) is 0 Å². The molecule has 1 aromatic heterocycles. The number of rotatable bonds is 3. The third kappa shape index (κ3) is 2.43. The molecule has 1 saturated heterocycles. The van der Waals surface area contributed by atoms with E-state index in [1.807, 2.05) is 4.68 Å². The molecule has 2 rings (SSSR count). The van der Waals surface area contributed by atoms with Crippen LogP contribution >= 0.6 is 0 Å². The fourth-order valence-corrected chi connectivity index (χ4v) is 2.05. The summed E-state index contributed by atoms with van der Waals surface area (Å²) >= 11 is 0. The number of hydrogen-bond acceptors (Lipinski definition) is 3. The highest BCUT2D eigenvalue weighted by Gasteiger charge is 2.26. The summed E-state index contributed by atoms with van der Waals surface area (Å²) in [5.41, 5.74) is 1.19. The molecular formula is C12H22N4. The molecule has 0 N–H and O–H groups in total. The summed E-state index contributed by atoms with van der Waals surface area (Å²) < 4.78 is 2.00. The molecule has 0 unspecified atom stereocenters. The molecule has 0 amide bonds. The predicted molar refractivity (Wildman–Crippen MR) is 64.3 cm³/mol. The molecular weight excluding hydrogens is 200 g/mol. The normalized spacial score (nSPS) is 18.8. The molecule has 16 heavy (non-hydrogen) atoms. The predicted octanol–water partition coefficient (Wildman–Crippen LogP) is 1.53. The Labute approximate surface area is 97.6 Å². The minimum absolute atomic E-state index is 0.104. The van der Waals surface area contributed by atoms with Crippen molar-refractivity contribution < 1.29 is 0 Å². The lowest BCUT2D eigenvalue weighted by molar-refractivity contribution is 0.0912. The quantitative estimate of drug-likeness (QED) is 0.777. The van der Waals surface area contributed by atoms with Gasteiger partial charge in [-0.25, -0.2) is 0 Å². The van der Waals surface area contributed by atoms with E-state index in [0.29, 0.717) is 0 Å². The van der Waals surface area contributed by atoms with Crippen LogP contribution in [0.5, 0.6) is 0 Å². The smallest absolute Gasteiger partial charge is 0.0880 e. The summed E-state index contributed by atoms with van der Waals surface area (Å²) in [5, 5.41) is 8.44. The Kier molecular flexibility index (Phi) is 3.02. The molecule has 1 aliphatic heterocycles. The van der Waals surface area contributed by atoms with Crippen molar-refractivity contribution in [1.29, 1.82) is 0 Å². The Morgan fingerprint density at radius 1 is 1.38 bits per heavy atom. The molecule has 2 heterocycles. The van der Waals surface area contributed by atoms with Crippen LogP contribution in [0, 0.1) is 5.92 Å². The highest BCUT2D eigenvalue weighted by molar-refractivity contribution is 5.06. The molecule has 0 radical (unpaired) electrons. The lowest BCUT2D eigenvalue weighted by atomic mass is 9.93. The van der Waals surface area contributed by atoms with E-state index in [0.717, 1.165) is 18.2 Å². The molecule has 90 valence electrons. The third-order valence-corrected chi connectivity index (χ3v) is 3.23. The maximum atomic E-state index is 4.24. The van der Waals surface area contributed by atoms with Crippen molar-refractivity contribution in [3.8, 4) is 0 Å². The molecule has 4 nitrogen and oxygen atoms in total. The Bertz CT molecular complexity index is 344. The van der Waals surface area contributed by atoms with E-state index in [1.54, 1.807) is 0 Å². The molecule has 0 spiro atoms. The van der Waals surface area contributed by atoms with E-state index in [9.17, 15) is 0 Å². The molecule has 0 aliphatic carbocycles. The van der Waals surface area contributed by atoms with Crippen molar-refractivity contribution in [2.45, 2.75) is 39.7 Å². The second kappa shape index (κ2) is 4.17. The van der Waals surface area contributed by atoms with Crippen molar-refractivity contribution in [1.82, 2.24) is 19.9 Å². The summed E-state index contributed by atoms with van der Waals surface area (Å²) in [5.74, 6) is 0.759. The van der Waals surface area contributed by atoms with Crippen LogP contribution in [0.4, 0.5) is 0 Å². The van der Waals surface area contributed by atoms with Gasteiger partial charge in [-0.1, -0.05) is 32.9 Å². The Hall–Kier alpha value is -0.900. The molecule has 0 saturated carbocycles. The number of likely N-dealkylation sites (tertiary alicyclic amines) is 1. The van der Waals surface area contributed by atoms with E-state index in [2.05, 4.69) is 49.1 Å². The zero-order chi connectivity index (χ0) is 11.8. The van der Waals surface area contributed by atoms with Crippen LogP contribution in [-0.4, -0.2) is 39.5 Å². The summed E-state index contributed by atoms with van der Waals surface area (Å²) in [7, 11) is 0. The monoisotopic (exact) mass is 222 g/mol. The van der Waals surface area contributed by atoms with E-state index in [1.165, 1.54) is 19.6 Å². The molecule has 1 aromatic rings. The molecule has 4 heteroatoms. The zero-order valence-corrected chi connectivity index (χ0v) is 10.8. The first-order valence-electron chi connectivity index (χ1n) is 6.12. The fraction of sp³-hybridized carbons (Fsp3) is 0.833. The molecule has 1 fully saturated rings. The molecule has 0 atom stereocenters. The van der Waals surface area contributed by atoms with Crippen LogP contribution in [-0.2, 0) is 12.0 Å². The highest BCUT2D eigenvalue weighted by Crippen LogP contribution is 2.20. The van der Waals surface area contributed by atoms with Crippen LogP contribution < -0.4 is 0 Å². The first-order valence-corrected chi connectivity index (χ1v) is 6.12. The second-order valence-corrected chi connectivity index (χ2v) is 5.79. The van der Waals surface area contributed by atoms with Gasteiger partial charge in [0.2, 0.25) is 0 Å². The van der Waals surface area contributed by atoms with Crippen LogP contribution in [0.15, 0.2) is 6.20 Å². The minimum atomic E-state index is 0.104. The van der Waals surface area contributed by atoms with E-state index < -0.39 is 0 Å². The number of nitrogens with zero attached hydrogens (tertiary/aromatic N) is 4. The summed E-state index contributed by atoms with van der Waals surface area (Å²) in [6, 6.07) is 0. The van der Waals surface area contributed by atoms with Crippen molar-refractivity contribution in [3.63, 3.8) is 0 Å². The molecule has 1 aliphatic rings. The van der Waals surface area contributed by atoms with Crippen molar-refractivity contribution in [2.75, 3.05) is 19.6 Å². The molecule has 0 aromatic carbocycles. The van der Waals surface area contributed by atoms with Gasteiger partial charge < -0.3 is 4.90 Å². The summed E-state index contributed by atoms with van der Waals surface area (Å²) in [4.78, 5) is 2.45. The standard InChI is InChI=1S/C12H22N4/c1-5-15-6-10(7-15)8-16-9-11(13-14-16)12(2,3)4/h9-10H,5-8H2,1-4H3. The van der Waals surface area contributed by atoms with Crippen LogP contribution in [0.25, 0.3) is 0 Å². The van der Waals surface area contributed by atoms with Gasteiger partial charge in [-0.3, -0.25) is 4.68 Å². The van der Waals surface area contributed by atoms with Gasteiger partial charge in [0.1, 0.15) is 0 Å². The summed E-state index contributed by atoms with van der Waals surface area (Å²) in [6.07, 6.45) is 2.09. The third-order valence-electron chi connectivity index (χ3n) is 3.23. The minimum Gasteiger partial charge on any atom is -0.303 e. The van der Waals surface area contributed by atoms with Gasteiger partial charge in [0.05, 0.1) is 5.69 Å². The van der Waals surface area contributed by atoms with Crippen molar-refractivity contribution in [3.05, 3.63) is 11.9 Å². The first kappa shape index (κ1) is 11.6. The Balaban J connectivity index is 1.89. The van der Waals surface area contributed by atoms with E-state index >= 15 is 0 Å².